The molecule has 4 nitrogen and oxygen atoms in total. The number of esters is 1. The van der Waals surface area contributed by atoms with Gasteiger partial charge in [-0.3, -0.25) is 4.79 Å². The van der Waals surface area contributed by atoms with E-state index in [0.717, 1.165) is 32.1 Å². The number of nitrogens with zero attached hydrogens (tertiary/aromatic N) is 1. The standard InChI is InChI=1S/C25H20BrNO3/c1-16-3-6-20(25(29)30-2)14-23(16)18-7-10-22-19(13-18)11-12-27(24(22)28)15-17-4-8-21(26)9-5-17/h3-14H,15H2,1-2H3. The monoisotopic (exact) mass is 461 g/mol. The minimum atomic E-state index is -0.368. The smallest absolute Gasteiger partial charge is 0.337 e. The fourth-order valence-electron chi connectivity index (χ4n) is 3.54. The van der Waals surface area contributed by atoms with Crippen LogP contribution in [-0.2, 0) is 11.3 Å². The van der Waals surface area contributed by atoms with Crippen molar-refractivity contribution in [3.05, 3.63) is 104 Å². The first-order chi connectivity index (χ1) is 14.5. The number of hydrogen-bond donors (Lipinski definition) is 0. The van der Waals surface area contributed by atoms with Crippen LogP contribution in [0.4, 0.5) is 0 Å². The molecule has 150 valence electrons. The van der Waals surface area contributed by atoms with E-state index in [0.29, 0.717) is 17.5 Å². The molecule has 3 aromatic carbocycles. The summed E-state index contributed by atoms with van der Waals surface area (Å²) in [5.41, 5.74) is 4.48. The topological polar surface area (TPSA) is 48.3 Å². The summed E-state index contributed by atoms with van der Waals surface area (Å²) in [5.74, 6) is -0.368. The number of benzene rings is 3. The maximum Gasteiger partial charge on any atom is 0.337 e. The van der Waals surface area contributed by atoms with Gasteiger partial charge in [0.1, 0.15) is 0 Å². The fraction of sp³-hybridized carbons (Fsp3) is 0.120. The minimum Gasteiger partial charge on any atom is -0.465 e. The maximum absolute atomic E-state index is 13.0. The van der Waals surface area contributed by atoms with E-state index in [1.807, 2.05) is 73.8 Å². The van der Waals surface area contributed by atoms with Crippen molar-refractivity contribution in [2.24, 2.45) is 0 Å². The first kappa shape index (κ1) is 20.1. The minimum absolute atomic E-state index is 0.0259. The summed E-state index contributed by atoms with van der Waals surface area (Å²) in [6.45, 7) is 2.51. The van der Waals surface area contributed by atoms with E-state index in [1.165, 1.54) is 7.11 Å². The quantitative estimate of drug-likeness (QED) is 0.373. The van der Waals surface area contributed by atoms with Crippen molar-refractivity contribution >= 4 is 32.7 Å². The Morgan fingerprint density at radius 3 is 2.50 bits per heavy atom. The van der Waals surface area contributed by atoms with Gasteiger partial charge in [0.2, 0.25) is 0 Å². The van der Waals surface area contributed by atoms with Gasteiger partial charge in [-0.1, -0.05) is 40.2 Å². The zero-order valence-electron chi connectivity index (χ0n) is 16.7. The van der Waals surface area contributed by atoms with Crippen molar-refractivity contribution in [1.29, 1.82) is 0 Å². The highest BCUT2D eigenvalue weighted by Crippen LogP contribution is 2.27. The molecule has 0 unspecified atom stereocenters. The average Bonchev–Trinajstić information content (AvgIpc) is 2.76. The van der Waals surface area contributed by atoms with Crippen LogP contribution in [0.5, 0.6) is 0 Å². The molecule has 1 aromatic heterocycles. The molecule has 0 fully saturated rings. The molecule has 0 N–H and O–H groups in total. The zero-order valence-corrected chi connectivity index (χ0v) is 18.3. The van der Waals surface area contributed by atoms with Crippen LogP contribution in [0.25, 0.3) is 21.9 Å². The highest BCUT2D eigenvalue weighted by atomic mass is 79.9. The Bertz CT molecular complexity index is 1310. The first-order valence-corrected chi connectivity index (χ1v) is 10.3. The molecular formula is C25H20BrNO3. The molecule has 4 aromatic rings. The molecule has 0 aliphatic heterocycles. The Balaban J connectivity index is 1.73. The molecule has 0 bridgehead atoms. The number of fused-ring (bicyclic) bond motifs is 1. The van der Waals surface area contributed by atoms with Gasteiger partial charge >= 0.3 is 5.97 Å². The van der Waals surface area contributed by atoms with Crippen molar-refractivity contribution in [3.63, 3.8) is 0 Å². The molecule has 0 saturated heterocycles. The summed E-state index contributed by atoms with van der Waals surface area (Å²) in [5, 5.41) is 1.53. The van der Waals surface area contributed by atoms with Gasteiger partial charge in [0.25, 0.3) is 5.56 Å². The summed E-state index contributed by atoms with van der Waals surface area (Å²) in [6.07, 6.45) is 1.83. The average molecular weight is 462 g/mol. The Labute approximate surface area is 182 Å². The summed E-state index contributed by atoms with van der Waals surface area (Å²) in [4.78, 5) is 24.9. The Morgan fingerprint density at radius 1 is 1.00 bits per heavy atom. The van der Waals surface area contributed by atoms with Gasteiger partial charge in [0.05, 0.1) is 19.2 Å². The third-order valence-corrected chi connectivity index (χ3v) is 5.74. The second kappa shape index (κ2) is 8.28. The Kier molecular flexibility index (Phi) is 5.55. The molecule has 0 amide bonds. The van der Waals surface area contributed by atoms with Gasteiger partial charge in [-0.2, -0.15) is 0 Å². The van der Waals surface area contributed by atoms with E-state index in [1.54, 1.807) is 10.6 Å². The van der Waals surface area contributed by atoms with Crippen LogP contribution in [0.15, 0.2) is 82.2 Å². The molecule has 0 aliphatic rings. The van der Waals surface area contributed by atoms with E-state index in [-0.39, 0.29) is 11.5 Å². The number of carbonyl (C=O) groups excluding carboxylic acids is 1. The lowest BCUT2D eigenvalue weighted by molar-refractivity contribution is 0.0601. The number of aromatic nitrogens is 1. The number of ether oxygens (including phenoxy) is 1. The largest absolute Gasteiger partial charge is 0.465 e. The van der Waals surface area contributed by atoms with E-state index >= 15 is 0 Å². The summed E-state index contributed by atoms with van der Waals surface area (Å²) in [6, 6.07) is 21.2. The van der Waals surface area contributed by atoms with Gasteiger partial charge in [-0.15, -0.1) is 0 Å². The molecule has 0 atom stereocenters. The number of halogens is 1. The van der Waals surface area contributed by atoms with Gasteiger partial charge in [0.15, 0.2) is 0 Å². The van der Waals surface area contributed by atoms with Gasteiger partial charge in [-0.05, 0) is 77.0 Å². The molecule has 30 heavy (non-hydrogen) atoms. The molecule has 4 rings (SSSR count). The van der Waals surface area contributed by atoms with Crippen molar-refractivity contribution < 1.29 is 9.53 Å². The predicted octanol–water partition coefficient (Wildman–Crippen LogP) is 5.57. The molecule has 1 heterocycles. The number of aryl methyl sites for hydroxylation is 1. The SMILES string of the molecule is COC(=O)c1ccc(C)c(-c2ccc3c(=O)n(Cc4ccc(Br)cc4)ccc3c2)c1. The van der Waals surface area contributed by atoms with Crippen LogP contribution < -0.4 is 5.56 Å². The third kappa shape index (κ3) is 3.94. The highest BCUT2D eigenvalue weighted by molar-refractivity contribution is 9.10. The summed E-state index contributed by atoms with van der Waals surface area (Å²) >= 11 is 3.43. The number of methoxy groups -OCH3 is 1. The van der Waals surface area contributed by atoms with Crippen LogP contribution >= 0.6 is 15.9 Å². The lowest BCUT2D eigenvalue weighted by atomic mass is 9.96. The normalized spacial score (nSPS) is 10.9. The molecular weight excluding hydrogens is 442 g/mol. The van der Waals surface area contributed by atoms with Crippen molar-refractivity contribution in [1.82, 2.24) is 4.57 Å². The first-order valence-electron chi connectivity index (χ1n) is 9.53. The number of hydrogen-bond acceptors (Lipinski definition) is 3. The van der Waals surface area contributed by atoms with Crippen LogP contribution in [0, 0.1) is 6.92 Å². The zero-order chi connectivity index (χ0) is 21.3. The number of rotatable bonds is 4. The van der Waals surface area contributed by atoms with E-state index in [2.05, 4.69) is 15.9 Å². The van der Waals surface area contributed by atoms with Gasteiger partial charge in [-0.25, -0.2) is 4.79 Å². The van der Waals surface area contributed by atoms with Crippen molar-refractivity contribution in [3.8, 4) is 11.1 Å². The molecule has 0 spiro atoms. The van der Waals surface area contributed by atoms with Crippen LogP contribution in [0.3, 0.4) is 0 Å². The van der Waals surface area contributed by atoms with Crippen LogP contribution in [0.1, 0.15) is 21.5 Å². The molecule has 5 heteroatoms. The highest BCUT2D eigenvalue weighted by Gasteiger charge is 2.11. The molecule has 0 aliphatic carbocycles. The Morgan fingerprint density at radius 2 is 1.77 bits per heavy atom. The molecule has 0 saturated carbocycles. The van der Waals surface area contributed by atoms with E-state index in [9.17, 15) is 9.59 Å². The third-order valence-electron chi connectivity index (χ3n) is 5.21. The summed E-state index contributed by atoms with van der Waals surface area (Å²) in [7, 11) is 1.37. The Hall–Kier alpha value is -3.18. The van der Waals surface area contributed by atoms with Crippen LogP contribution in [-0.4, -0.2) is 17.6 Å². The fourth-order valence-corrected chi connectivity index (χ4v) is 3.81. The number of pyridine rings is 1. The van der Waals surface area contributed by atoms with E-state index < -0.39 is 0 Å². The maximum atomic E-state index is 13.0. The van der Waals surface area contributed by atoms with Gasteiger partial charge < -0.3 is 9.30 Å². The van der Waals surface area contributed by atoms with Gasteiger partial charge in [0, 0.05) is 16.1 Å². The lowest BCUT2D eigenvalue weighted by Crippen LogP contribution is -2.20. The van der Waals surface area contributed by atoms with Crippen molar-refractivity contribution in [2.75, 3.05) is 7.11 Å². The van der Waals surface area contributed by atoms with E-state index in [4.69, 9.17) is 4.74 Å². The van der Waals surface area contributed by atoms with Crippen LogP contribution in [0.2, 0.25) is 0 Å². The second-order valence-corrected chi connectivity index (χ2v) is 8.11. The second-order valence-electron chi connectivity index (χ2n) is 7.20. The molecule has 0 radical (unpaired) electrons. The summed E-state index contributed by atoms with van der Waals surface area (Å²) < 4.78 is 7.56. The van der Waals surface area contributed by atoms with Crippen molar-refractivity contribution in [2.45, 2.75) is 13.5 Å². The number of carbonyl (C=O) groups is 1. The lowest BCUT2D eigenvalue weighted by Gasteiger charge is -2.11. The predicted molar refractivity (Wildman–Crippen MR) is 123 cm³/mol.